The number of amides is 1. The van der Waals surface area contributed by atoms with E-state index in [4.69, 9.17) is 13.9 Å². The van der Waals surface area contributed by atoms with Gasteiger partial charge in [0.15, 0.2) is 11.1 Å². The second-order valence-electron chi connectivity index (χ2n) is 8.07. The number of alkyl carbamates (subject to hydrolysis) is 1. The van der Waals surface area contributed by atoms with E-state index >= 15 is 0 Å². The van der Waals surface area contributed by atoms with Gasteiger partial charge in [-0.25, -0.2) is 9.78 Å². The fourth-order valence-corrected chi connectivity index (χ4v) is 3.04. The largest absolute Gasteiger partial charge is 0.490 e. The summed E-state index contributed by atoms with van der Waals surface area (Å²) in [6.45, 7) is 5.00. The van der Waals surface area contributed by atoms with Crippen LogP contribution in [-0.4, -0.2) is 55.0 Å². The monoisotopic (exact) mass is 439 g/mol. The van der Waals surface area contributed by atoms with Gasteiger partial charge < -0.3 is 24.1 Å². The molecule has 8 nitrogen and oxygen atoms in total. The zero-order valence-corrected chi connectivity index (χ0v) is 18.8. The van der Waals surface area contributed by atoms with Gasteiger partial charge in [0.25, 0.3) is 5.89 Å². The molecule has 1 aromatic heterocycles. The first kappa shape index (κ1) is 23.3. The van der Waals surface area contributed by atoms with Gasteiger partial charge >= 0.3 is 6.09 Å². The summed E-state index contributed by atoms with van der Waals surface area (Å²) in [4.78, 5) is 31.8. The van der Waals surface area contributed by atoms with E-state index in [0.717, 1.165) is 12.1 Å². The maximum atomic E-state index is 13.1. The summed E-state index contributed by atoms with van der Waals surface area (Å²) < 4.78 is 16.8. The van der Waals surface area contributed by atoms with Gasteiger partial charge in [0.05, 0.1) is 0 Å². The number of carbonyl (C=O) groups excluding carboxylic acids is 2. The van der Waals surface area contributed by atoms with E-state index in [1.165, 1.54) is 0 Å². The summed E-state index contributed by atoms with van der Waals surface area (Å²) in [5.74, 6) is -0.154. The molecule has 0 radical (unpaired) electrons. The van der Waals surface area contributed by atoms with Crippen LogP contribution in [0, 0.1) is 5.92 Å². The standard InChI is InChI=1S/C24H29N3O5/c1-16(2)20(26-24(29)31-15-17-9-6-5-7-10-17)22(28)23-25-21-18(30-14-13-27(3)4)11-8-12-19(21)32-23/h5-12,16,20H,13-15H2,1-4H3,(H,26,29)/t20-/m0/s1. The van der Waals surface area contributed by atoms with Crippen molar-refractivity contribution >= 4 is 23.0 Å². The van der Waals surface area contributed by atoms with E-state index in [2.05, 4.69) is 10.3 Å². The van der Waals surface area contributed by atoms with Gasteiger partial charge in [0, 0.05) is 6.54 Å². The van der Waals surface area contributed by atoms with E-state index in [1.54, 1.807) is 18.2 Å². The molecule has 0 aliphatic heterocycles. The summed E-state index contributed by atoms with van der Waals surface area (Å²) in [6, 6.07) is 13.8. The smallest absolute Gasteiger partial charge is 0.408 e. The number of ketones is 1. The van der Waals surface area contributed by atoms with Crippen molar-refractivity contribution in [3.8, 4) is 5.75 Å². The molecule has 1 N–H and O–H groups in total. The van der Waals surface area contributed by atoms with Crippen molar-refractivity contribution in [1.82, 2.24) is 15.2 Å². The molecule has 1 heterocycles. The summed E-state index contributed by atoms with van der Waals surface area (Å²) >= 11 is 0. The van der Waals surface area contributed by atoms with Gasteiger partial charge in [-0.1, -0.05) is 50.2 Å². The van der Waals surface area contributed by atoms with Crippen LogP contribution in [0.4, 0.5) is 4.79 Å². The maximum Gasteiger partial charge on any atom is 0.408 e. The number of fused-ring (bicyclic) bond motifs is 1. The van der Waals surface area contributed by atoms with Crippen molar-refractivity contribution in [2.24, 2.45) is 5.92 Å². The molecule has 0 aliphatic rings. The minimum atomic E-state index is -0.843. The Hall–Kier alpha value is -3.39. The molecule has 0 unspecified atom stereocenters. The number of ether oxygens (including phenoxy) is 2. The van der Waals surface area contributed by atoms with E-state index in [9.17, 15) is 9.59 Å². The molecule has 0 saturated heterocycles. The highest BCUT2D eigenvalue weighted by Crippen LogP contribution is 2.26. The Morgan fingerprint density at radius 1 is 1.09 bits per heavy atom. The highest BCUT2D eigenvalue weighted by molar-refractivity contribution is 6.00. The number of para-hydroxylation sites is 1. The normalized spacial score (nSPS) is 12.2. The fourth-order valence-electron chi connectivity index (χ4n) is 3.04. The molecule has 32 heavy (non-hydrogen) atoms. The number of benzene rings is 2. The predicted octanol–water partition coefficient (Wildman–Crippen LogP) is 3.90. The van der Waals surface area contributed by atoms with Crippen LogP contribution < -0.4 is 10.1 Å². The molecule has 0 fully saturated rings. The maximum absolute atomic E-state index is 13.1. The summed E-state index contributed by atoms with van der Waals surface area (Å²) in [5.41, 5.74) is 1.78. The highest BCUT2D eigenvalue weighted by atomic mass is 16.5. The molecule has 2 aromatic carbocycles. The highest BCUT2D eigenvalue weighted by Gasteiger charge is 2.30. The van der Waals surface area contributed by atoms with Gasteiger partial charge in [0.1, 0.15) is 25.0 Å². The van der Waals surface area contributed by atoms with Gasteiger partial charge in [-0.05, 0) is 37.7 Å². The van der Waals surface area contributed by atoms with Crippen LogP contribution in [0.1, 0.15) is 30.1 Å². The van der Waals surface area contributed by atoms with E-state index in [1.807, 2.05) is 63.2 Å². The molecule has 1 atom stereocenters. The van der Waals surface area contributed by atoms with Crippen molar-refractivity contribution in [3.05, 3.63) is 60.0 Å². The van der Waals surface area contributed by atoms with Crippen LogP contribution in [0.3, 0.4) is 0 Å². The lowest BCUT2D eigenvalue weighted by atomic mass is 10.00. The van der Waals surface area contributed by atoms with Crippen molar-refractivity contribution in [3.63, 3.8) is 0 Å². The van der Waals surface area contributed by atoms with E-state index in [0.29, 0.717) is 23.5 Å². The van der Waals surface area contributed by atoms with Crippen molar-refractivity contribution in [2.75, 3.05) is 27.2 Å². The van der Waals surface area contributed by atoms with Crippen LogP contribution in [0.15, 0.2) is 52.9 Å². The number of Topliss-reactive ketones (excluding diaryl/α,β-unsaturated/α-hetero) is 1. The lowest BCUT2D eigenvalue weighted by Crippen LogP contribution is -2.44. The molecule has 170 valence electrons. The van der Waals surface area contributed by atoms with Crippen LogP contribution in [0.25, 0.3) is 11.1 Å². The van der Waals surface area contributed by atoms with Gasteiger partial charge in [-0.15, -0.1) is 0 Å². The lowest BCUT2D eigenvalue weighted by molar-refractivity contribution is 0.0855. The first-order valence-electron chi connectivity index (χ1n) is 10.5. The zero-order chi connectivity index (χ0) is 23.1. The number of rotatable bonds is 10. The predicted molar refractivity (Wildman–Crippen MR) is 121 cm³/mol. The minimum Gasteiger partial charge on any atom is -0.490 e. The van der Waals surface area contributed by atoms with E-state index < -0.39 is 17.9 Å². The van der Waals surface area contributed by atoms with E-state index in [-0.39, 0.29) is 18.4 Å². The summed E-state index contributed by atoms with van der Waals surface area (Å²) in [6.07, 6.45) is -0.676. The molecule has 0 bridgehead atoms. The molecule has 1 amide bonds. The van der Waals surface area contributed by atoms with Gasteiger partial charge in [0.2, 0.25) is 5.78 Å². The van der Waals surface area contributed by atoms with Crippen molar-refractivity contribution in [1.29, 1.82) is 0 Å². The van der Waals surface area contributed by atoms with Gasteiger partial charge in [-0.2, -0.15) is 0 Å². The van der Waals surface area contributed by atoms with Crippen LogP contribution in [0.5, 0.6) is 5.75 Å². The third-order valence-electron chi connectivity index (χ3n) is 4.82. The lowest BCUT2D eigenvalue weighted by Gasteiger charge is -2.19. The SMILES string of the molecule is CC(C)[C@H](NC(=O)OCc1ccccc1)C(=O)c1nc2c(OCCN(C)C)cccc2o1. The number of oxazole rings is 1. The van der Waals surface area contributed by atoms with Crippen LogP contribution >= 0.6 is 0 Å². The Labute approximate surface area is 187 Å². The average Bonchev–Trinajstić information content (AvgIpc) is 3.21. The minimum absolute atomic E-state index is 0.0780. The van der Waals surface area contributed by atoms with Crippen LogP contribution in [0.2, 0.25) is 0 Å². The summed E-state index contributed by atoms with van der Waals surface area (Å²) in [5, 5.41) is 2.64. The third-order valence-corrected chi connectivity index (χ3v) is 4.82. The molecule has 3 aromatic rings. The summed E-state index contributed by atoms with van der Waals surface area (Å²) in [7, 11) is 3.92. The molecule has 0 spiro atoms. The zero-order valence-electron chi connectivity index (χ0n) is 18.8. The average molecular weight is 440 g/mol. The molecule has 8 heteroatoms. The molecule has 0 aliphatic carbocycles. The number of nitrogens with one attached hydrogen (secondary N) is 1. The number of aromatic nitrogens is 1. The molecular formula is C24H29N3O5. The molecular weight excluding hydrogens is 410 g/mol. The second-order valence-corrected chi connectivity index (χ2v) is 8.07. The topological polar surface area (TPSA) is 93.9 Å². The second kappa shape index (κ2) is 10.8. The first-order chi connectivity index (χ1) is 15.3. The quantitative estimate of drug-likeness (QED) is 0.479. The number of carbonyl (C=O) groups is 2. The van der Waals surface area contributed by atoms with Crippen LogP contribution in [-0.2, 0) is 11.3 Å². The molecule has 3 rings (SSSR count). The Bertz CT molecular complexity index is 1050. The van der Waals surface area contributed by atoms with Gasteiger partial charge in [-0.3, -0.25) is 4.79 Å². The fraction of sp³-hybridized carbons (Fsp3) is 0.375. The Morgan fingerprint density at radius 2 is 1.84 bits per heavy atom. The number of nitrogens with zero attached hydrogens (tertiary/aromatic N) is 2. The number of hydrogen-bond donors (Lipinski definition) is 1. The molecule has 0 saturated carbocycles. The first-order valence-corrected chi connectivity index (χ1v) is 10.5. The Balaban J connectivity index is 1.70. The van der Waals surface area contributed by atoms with Crippen molar-refractivity contribution < 1.29 is 23.5 Å². The Morgan fingerprint density at radius 3 is 2.53 bits per heavy atom. The number of hydrogen-bond acceptors (Lipinski definition) is 7. The Kier molecular flexibility index (Phi) is 7.83. The number of likely N-dealkylation sites (N-methyl/N-ethyl adjacent to an activating group) is 1. The van der Waals surface area contributed by atoms with Crippen molar-refractivity contribution in [2.45, 2.75) is 26.5 Å². The third kappa shape index (κ3) is 6.07.